The molecule has 0 aliphatic carbocycles. The van der Waals surface area contributed by atoms with Gasteiger partial charge < -0.3 is 9.30 Å². The van der Waals surface area contributed by atoms with Gasteiger partial charge in [0, 0.05) is 24.5 Å². The first-order valence-corrected chi connectivity index (χ1v) is 9.62. The van der Waals surface area contributed by atoms with E-state index in [0.717, 1.165) is 16.8 Å². The Morgan fingerprint density at radius 1 is 1.03 bits per heavy atom. The lowest BCUT2D eigenvalue weighted by Gasteiger charge is -2.25. The zero-order valence-electron chi connectivity index (χ0n) is 16.3. The fourth-order valence-corrected chi connectivity index (χ4v) is 3.39. The number of hydrogen-bond donors (Lipinski definition) is 0. The highest BCUT2D eigenvalue weighted by atomic mass is 16.5. The summed E-state index contributed by atoms with van der Waals surface area (Å²) in [5.41, 5.74) is 3.97. The minimum atomic E-state index is -0.230. The van der Waals surface area contributed by atoms with Crippen LogP contribution in [-0.4, -0.2) is 4.57 Å². The molecule has 0 spiro atoms. The number of rotatable bonds is 4. The predicted molar refractivity (Wildman–Crippen MR) is 117 cm³/mol. The molecule has 1 aromatic heterocycles. The van der Waals surface area contributed by atoms with E-state index in [4.69, 9.17) is 11.3 Å². The molecule has 1 unspecified atom stereocenters. The van der Waals surface area contributed by atoms with Gasteiger partial charge in [-0.25, -0.2) is 10.1 Å². The molecule has 4 rings (SSSR count). The Hall–Kier alpha value is -4.28. The van der Waals surface area contributed by atoms with Crippen molar-refractivity contribution in [1.29, 1.82) is 5.26 Å². The second kappa shape index (κ2) is 8.82. The highest BCUT2D eigenvalue weighted by Gasteiger charge is 2.22. The summed E-state index contributed by atoms with van der Waals surface area (Å²) in [6.45, 7) is 7.30. The monoisotopic (exact) mass is 389 g/mol. The zero-order valence-corrected chi connectivity index (χ0v) is 16.3. The second-order valence-electron chi connectivity index (χ2n) is 6.88. The van der Waals surface area contributed by atoms with Crippen molar-refractivity contribution in [3.05, 3.63) is 131 Å². The summed E-state index contributed by atoms with van der Waals surface area (Å²) in [5.74, 6) is 0.635. The molecule has 4 nitrogen and oxygen atoms in total. The normalized spacial score (nSPS) is 17.5. The van der Waals surface area contributed by atoms with Crippen molar-refractivity contribution in [3.63, 3.8) is 0 Å². The van der Waals surface area contributed by atoms with Gasteiger partial charge in [0.25, 0.3) is 5.70 Å². The molecular weight excluding hydrogens is 370 g/mol. The third-order valence-corrected chi connectivity index (χ3v) is 4.93. The minimum absolute atomic E-state index is 0.112. The average Bonchev–Trinajstić information content (AvgIpc) is 3.34. The Kier molecular flexibility index (Phi) is 5.60. The van der Waals surface area contributed by atoms with Crippen LogP contribution in [0.2, 0.25) is 0 Å². The van der Waals surface area contributed by atoms with Crippen molar-refractivity contribution >= 4 is 6.08 Å². The molecule has 4 heteroatoms. The van der Waals surface area contributed by atoms with Gasteiger partial charge in [-0.1, -0.05) is 48.5 Å². The van der Waals surface area contributed by atoms with Crippen molar-refractivity contribution in [2.45, 2.75) is 12.5 Å². The standard InChI is InChI=1S/C26H19N3O/c1-28-25(19-27)22-17-24(30-26(18-22)21-7-3-2-4-8-21)14-11-20-9-12-23(13-10-20)29-15-5-6-16-29/h2-17,26H,18H2/b14-11+,25-22+. The fraction of sp³-hybridized carbons (Fsp3) is 0.0769. The Morgan fingerprint density at radius 2 is 1.77 bits per heavy atom. The van der Waals surface area contributed by atoms with E-state index in [1.807, 2.05) is 85.2 Å². The number of nitriles is 1. The molecule has 0 N–H and O–H groups in total. The molecule has 2 aromatic carbocycles. The van der Waals surface area contributed by atoms with Gasteiger partial charge in [0.2, 0.25) is 0 Å². The number of benzene rings is 2. The smallest absolute Gasteiger partial charge is 0.265 e. The van der Waals surface area contributed by atoms with Crippen LogP contribution in [-0.2, 0) is 4.74 Å². The molecular formula is C26H19N3O. The Balaban J connectivity index is 1.60. The Morgan fingerprint density at radius 3 is 2.43 bits per heavy atom. The van der Waals surface area contributed by atoms with E-state index in [0.29, 0.717) is 17.8 Å². The first-order valence-electron chi connectivity index (χ1n) is 9.62. The maximum atomic E-state index is 9.32. The second-order valence-corrected chi connectivity index (χ2v) is 6.88. The summed E-state index contributed by atoms with van der Waals surface area (Å²) < 4.78 is 8.22. The molecule has 0 amide bonds. The van der Waals surface area contributed by atoms with Gasteiger partial charge in [0.05, 0.1) is 12.6 Å². The summed E-state index contributed by atoms with van der Waals surface area (Å²) in [5, 5.41) is 9.32. The summed E-state index contributed by atoms with van der Waals surface area (Å²) in [4.78, 5) is 3.39. The highest BCUT2D eigenvalue weighted by Crippen LogP contribution is 2.35. The number of ether oxygens (including phenoxy) is 1. The molecule has 1 aliphatic heterocycles. The molecule has 3 aromatic rings. The Bertz CT molecular complexity index is 1170. The topological polar surface area (TPSA) is 42.3 Å². The number of hydrogen-bond acceptors (Lipinski definition) is 2. The van der Waals surface area contributed by atoms with Gasteiger partial charge >= 0.3 is 0 Å². The van der Waals surface area contributed by atoms with E-state index in [1.54, 1.807) is 6.08 Å². The summed E-state index contributed by atoms with van der Waals surface area (Å²) >= 11 is 0. The molecule has 2 heterocycles. The molecule has 144 valence electrons. The van der Waals surface area contributed by atoms with E-state index in [9.17, 15) is 5.26 Å². The van der Waals surface area contributed by atoms with Crippen molar-refractivity contribution < 1.29 is 4.74 Å². The third kappa shape index (κ3) is 4.24. The van der Waals surface area contributed by atoms with Crippen molar-refractivity contribution in [1.82, 2.24) is 4.57 Å². The van der Waals surface area contributed by atoms with Crippen LogP contribution < -0.4 is 0 Å². The molecule has 0 saturated carbocycles. The van der Waals surface area contributed by atoms with Crippen molar-refractivity contribution in [2.75, 3.05) is 0 Å². The van der Waals surface area contributed by atoms with Gasteiger partial charge in [-0.3, -0.25) is 0 Å². The average molecular weight is 389 g/mol. The summed E-state index contributed by atoms with van der Waals surface area (Å²) in [6, 6.07) is 24.1. The van der Waals surface area contributed by atoms with Crippen LogP contribution in [0.4, 0.5) is 0 Å². The number of aromatic nitrogens is 1. The van der Waals surface area contributed by atoms with Crippen LogP contribution in [0.5, 0.6) is 0 Å². The van der Waals surface area contributed by atoms with Gasteiger partial charge in [-0.15, -0.1) is 0 Å². The van der Waals surface area contributed by atoms with Crippen LogP contribution in [0.3, 0.4) is 0 Å². The Labute approximate surface area is 176 Å². The fourth-order valence-electron chi connectivity index (χ4n) is 3.39. The van der Waals surface area contributed by atoms with E-state index < -0.39 is 0 Å². The summed E-state index contributed by atoms with van der Waals surface area (Å²) in [6.07, 6.45) is 9.94. The summed E-state index contributed by atoms with van der Waals surface area (Å²) in [7, 11) is 0. The van der Waals surface area contributed by atoms with Crippen LogP contribution in [0.25, 0.3) is 16.6 Å². The molecule has 30 heavy (non-hydrogen) atoms. The molecule has 0 bridgehead atoms. The largest absolute Gasteiger partial charge is 0.485 e. The molecule has 0 saturated heterocycles. The SMILES string of the molecule is [C-]#[N+]/C(C#N)=C1C=C(/C=C/c2ccc(-n3cccc3)cc2)OC(c2ccccc2)C\1. The van der Waals surface area contributed by atoms with Gasteiger partial charge in [0.1, 0.15) is 11.9 Å². The van der Waals surface area contributed by atoms with E-state index >= 15 is 0 Å². The minimum Gasteiger partial charge on any atom is -0.485 e. The molecule has 0 fully saturated rings. The molecule has 1 aliphatic rings. The lowest BCUT2D eigenvalue weighted by molar-refractivity contribution is 0.118. The van der Waals surface area contributed by atoms with E-state index in [1.165, 1.54) is 0 Å². The van der Waals surface area contributed by atoms with Crippen molar-refractivity contribution in [3.8, 4) is 11.8 Å². The third-order valence-electron chi connectivity index (χ3n) is 4.93. The number of nitrogens with zero attached hydrogens (tertiary/aromatic N) is 3. The van der Waals surface area contributed by atoms with Crippen LogP contribution >= 0.6 is 0 Å². The van der Waals surface area contributed by atoms with Crippen LogP contribution in [0.15, 0.2) is 108 Å². The predicted octanol–water partition coefficient (Wildman–Crippen LogP) is 6.23. The van der Waals surface area contributed by atoms with E-state index in [-0.39, 0.29) is 11.8 Å². The maximum absolute atomic E-state index is 9.32. The van der Waals surface area contributed by atoms with Gasteiger partial charge in [-0.2, -0.15) is 0 Å². The van der Waals surface area contributed by atoms with Crippen molar-refractivity contribution in [2.24, 2.45) is 0 Å². The highest BCUT2D eigenvalue weighted by molar-refractivity contribution is 5.55. The maximum Gasteiger partial charge on any atom is 0.265 e. The first kappa shape index (κ1) is 19.1. The first-order chi connectivity index (χ1) is 14.8. The molecule has 1 atom stereocenters. The van der Waals surface area contributed by atoms with Crippen LogP contribution in [0, 0.1) is 17.9 Å². The van der Waals surface area contributed by atoms with Gasteiger partial charge in [0.15, 0.2) is 0 Å². The number of allylic oxidation sites excluding steroid dienone is 3. The lowest BCUT2D eigenvalue weighted by Crippen LogP contribution is -2.10. The lowest BCUT2D eigenvalue weighted by atomic mass is 9.97. The van der Waals surface area contributed by atoms with Gasteiger partial charge in [-0.05, 0) is 53.1 Å². The van der Waals surface area contributed by atoms with Crippen LogP contribution in [0.1, 0.15) is 23.7 Å². The zero-order chi connectivity index (χ0) is 20.8. The van der Waals surface area contributed by atoms with E-state index in [2.05, 4.69) is 21.5 Å². The quantitative estimate of drug-likeness (QED) is 0.392. The molecule has 0 radical (unpaired) electrons.